The molecule has 2 atom stereocenters. The molecular formula is C7H13NO3. The topological polar surface area (TPSA) is 47.6 Å². The van der Waals surface area contributed by atoms with Gasteiger partial charge in [0.05, 0.1) is 13.7 Å². The first-order valence-electron chi connectivity index (χ1n) is 3.64. The summed E-state index contributed by atoms with van der Waals surface area (Å²) in [5, 5.41) is 3.04. The Labute approximate surface area is 65.9 Å². The minimum atomic E-state index is -0.363. The van der Waals surface area contributed by atoms with Gasteiger partial charge in [-0.2, -0.15) is 0 Å². The zero-order valence-corrected chi connectivity index (χ0v) is 6.79. The largest absolute Gasteiger partial charge is 0.467 e. The Kier molecular flexibility index (Phi) is 2.84. The maximum atomic E-state index is 10.9. The molecule has 2 unspecified atom stereocenters. The van der Waals surface area contributed by atoms with E-state index in [9.17, 15) is 4.79 Å². The highest BCUT2D eigenvalue weighted by molar-refractivity contribution is 5.74. The molecular weight excluding hydrogens is 146 g/mol. The molecule has 1 aliphatic heterocycles. The Morgan fingerprint density at radius 3 is 2.91 bits per heavy atom. The summed E-state index contributed by atoms with van der Waals surface area (Å²) in [4.78, 5) is 10.9. The van der Waals surface area contributed by atoms with Gasteiger partial charge in [-0.05, 0) is 7.05 Å². The molecule has 1 rings (SSSR count). The van der Waals surface area contributed by atoms with E-state index in [2.05, 4.69) is 10.1 Å². The number of esters is 1. The van der Waals surface area contributed by atoms with Gasteiger partial charge in [-0.15, -0.1) is 0 Å². The van der Waals surface area contributed by atoms with Crippen LogP contribution in [0.2, 0.25) is 0 Å². The van der Waals surface area contributed by atoms with Crippen molar-refractivity contribution < 1.29 is 14.3 Å². The summed E-state index contributed by atoms with van der Waals surface area (Å²) in [6, 6.07) is 0.291. The molecule has 0 radical (unpaired) electrons. The normalized spacial score (nSPS) is 30.4. The fourth-order valence-electron chi connectivity index (χ4n) is 1.12. The Balaban J connectivity index is 2.35. The Hall–Kier alpha value is -0.610. The van der Waals surface area contributed by atoms with Crippen LogP contribution in [0.1, 0.15) is 6.42 Å². The van der Waals surface area contributed by atoms with Gasteiger partial charge in [0, 0.05) is 12.5 Å². The van der Waals surface area contributed by atoms with Gasteiger partial charge in [-0.25, -0.2) is 4.79 Å². The van der Waals surface area contributed by atoms with Gasteiger partial charge in [0.15, 0.2) is 6.10 Å². The summed E-state index contributed by atoms with van der Waals surface area (Å²) < 4.78 is 9.71. The molecule has 0 aromatic rings. The molecule has 0 saturated carbocycles. The average molecular weight is 159 g/mol. The van der Waals surface area contributed by atoms with Gasteiger partial charge in [-0.3, -0.25) is 0 Å². The van der Waals surface area contributed by atoms with Crippen molar-refractivity contribution in [1.82, 2.24) is 5.32 Å². The lowest BCUT2D eigenvalue weighted by atomic mass is 10.2. The Morgan fingerprint density at radius 2 is 2.45 bits per heavy atom. The smallest absolute Gasteiger partial charge is 0.335 e. The van der Waals surface area contributed by atoms with Gasteiger partial charge >= 0.3 is 5.97 Å². The quantitative estimate of drug-likeness (QED) is 0.554. The van der Waals surface area contributed by atoms with Crippen molar-refractivity contribution in [2.75, 3.05) is 20.8 Å². The molecule has 0 aromatic carbocycles. The van der Waals surface area contributed by atoms with E-state index >= 15 is 0 Å². The van der Waals surface area contributed by atoms with E-state index in [0.29, 0.717) is 19.1 Å². The highest BCUT2D eigenvalue weighted by atomic mass is 16.6. The predicted molar refractivity (Wildman–Crippen MR) is 39.2 cm³/mol. The van der Waals surface area contributed by atoms with E-state index in [0.717, 1.165) is 0 Å². The molecule has 0 aromatic heterocycles. The van der Waals surface area contributed by atoms with Crippen molar-refractivity contribution in [3.8, 4) is 0 Å². The maximum Gasteiger partial charge on any atom is 0.335 e. The van der Waals surface area contributed by atoms with Crippen molar-refractivity contribution in [2.24, 2.45) is 0 Å². The van der Waals surface area contributed by atoms with Crippen LogP contribution in [0.25, 0.3) is 0 Å². The summed E-state index contributed by atoms with van der Waals surface area (Å²) in [6.45, 7) is 0.594. The summed E-state index contributed by atoms with van der Waals surface area (Å²) in [5.41, 5.74) is 0. The van der Waals surface area contributed by atoms with Gasteiger partial charge in [-0.1, -0.05) is 0 Å². The standard InChI is InChI=1S/C7H13NO3/c1-8-5-3-6(11-4-5)7(9)10-2/h5-6,8H,3-4H2,1-2H3. The lowest BCUT2D eigenvalue weighted by molar-refractivity contribution is -0.151. The van der Waals surface area contributed by atoms with Crippen molar-refractivity contribution >= 4 is 5.97 Å². The number of rotatable bonds is 2. The van der Waals surface area contributed by atoms with Gasteiger partial charge in [0.1, 0.15) is 0 Å². The molecule has 1 saturated heterocycles. The van der Waals surface area contributed by atoms with Crippen LogP contribution in [0.15, 0.2) is 0 Å². The molecule has 1 fully saturated rings. The van der Waals surface area contributed by atoms with Crippen LogP contribution >= 0.6 is 0 Å². The number of nitrogens with one attached hydrogen (secondary N) is 1. The molecule has 11 heavy (non-hydrogen) atoms. The van der Waals surface area contributed by atoms with Gasteiger partial charge in [0.25, 0.3) is 0 Å². The zero-order valence-electron chi connectivity index (χ0n) is 6.79. The zero-order chi connectivity index (χ0) is 8.27. The maximum absolute atomic E-state index is 10.9. The number of ether oxygens (including phenoxy) is 2. The lowest BCUT2D eigenvalue weighted by Crippen LogP contribution is -2.26. The molecule has 0 amide bonds. The predicted octanol–water partition coefficient (Wildman–Crippen LogP) is -0.464. The number of likely N-dealkylation sites (N-methyl/N-ethyl adjacent to an activating group) is 1. The van der Waals surface area contributed by atoms with E-state index in [1.807, 2.05) is 7.05 Å². The molecule has 1 N–H and O–H groups in total. The average Bonchev–Trinajstić information content (AvgIpc) is 2.50. The molecule has 0 spiro atoms. The van der Waals surface area contributed by atoms with Gasteiger partial charge < -0.3 is 14.8 Å². The van der Waals surface area contributed by atoms with E-state index in [1.54, 1.807) is 0 Å². The van der Waals surface area contributed by atoms with E-state index < -0.39 is 0 Å². The van der Waals surface area contributed by atoms with Crippen LogP contribution in [-0.4, -0.2) is 38.9 Å². The van der Waals surface area contributed by atoms with E-state index in [4.69, 9.17) is 4.74 Å². The van der Waals surface area contributed by atoms with E-state index in [1.165, 1.54) is 7.11 Å². The minimum Gasteiger partial charge on any atom is -0.467 e. The first kappa shape index (κ1) is 8.49. The Morgan fingerprint density at radius 1 is 1.73 bits per heavy atom. The fourth-order valence-corrected chi connectivity index (χ4v) is 1.12. The van der Waals surface area contributed by atoms with Crippen molar-refractivity contribution in [3.63, 3.8) is 0 Å². The van der Waals surface area contributed by atoms with Crippen molar-refractivity contribution in [3.05, 3.63) is 0 Å². The molecule has 1 aliphatic rings. The highest BCUT2D eigenvalue weighted by Crippen LogP contribution is 2.13. The van der Waals surface area contributed by atoms with Crippen molar-refractivity contribution in [1.29, 1.82) is 0 Å². The third kappa shape index (κ3) is 1.91. The molecule has 64 valence electrons. The number of carbonyl (C=O) groups excluding carboxylic acids is 1. The molecule has 4 heteroatoms. The summed E-state index contributed by atoms with van der Waals surface area (Å²) in [6.07, 6.45) is 0.348. The monoisotopic (exact) mass is 159 g/mol. The van der Waals surface area contributed by atoms with Crippen LogP contribution in [0.4, 0.5) is 0 Å². The van der Waals surface area contributed by atoms with Crippen LogP contribution in [0, 0.1) is 0 Å². The number of hydrogen-bond donors (Lipinski definition) is 1. The van der Waals surface area contributed by atoms with E-state index in [-0.39, 0.29) is 12.1 Å². The number of carbonyl (C=O) groups is 1. The fraction of sp³-hybridized carbons (Fsp3) is 0.857. The van der Waals surface area contributed by atoms with Crippen LogP contribution < -0.4 is 5.32 Å². The SMILES string of the molecule is CNC1COC(C(=O)OC)C1. The second-order valence-corrected chi connectivity index (χ2v) is 2.57. The van der Waals surface area contributed by atoms with Crippen LogP contribution in [0.3, 0.4) is 0 Å². The van der Waals surface area contributed by atoms with Crippen LogP contribution in [-0.2, 0) is 14.3 Å². The first-order valence-corrected chi connectivity index (χ1v) is 3.64. The molecule has 0 bridgehead atoms. The summed E-state index contributed by atoms with van der Waals surface area (Å²) in [7, 11) is 3.23. The summed E-state index contributed by atoms with van der Waals surface area (Å²) in [5.74, 6) is -0.275. The first-order chi connectivity index (χ1) is 5.27. The number of hydrogen-bond acceptors (Lipinski definition) is 4. The lowest BCUT2D eigenvalue weighted by Gasteiger charge is -2.05. The summed E-state index contributed by atoms with van der Waals surface area (Å²) >= 11 is 0. The second kappa shape index (κ2) is 3.69. The number of methoxy groups -OCH3 is 1. The third-order valence-corrected chi connectivity index (χ3v) is 1.87. The minimum absolute atomic E-state index is 0.275. The Bertz CT molecular complexity index is 149. The molecule has 4 nitrogen and oxygen atoms in total. The molecule has 1 heterocycles. The third-order valence-electron chi connectivity index (χ3n) is 1.87. The van der Waals surface area contributed by atoms with Gasteiger partial charge in [0.2, 0.25) is 0 Å². The van der Waals surface area contributed by atoms with Crippen molar-refractivity contribution in [2.45, 2.75) is 18.6 Å². The second-order valence-electron chi connectivity index (χ2n) is 2.57. The highest BCUT2D eigenvalue weighted by Gasteiger charge is 2.30. The molecule has 0 aliphatic carbocycles. The van der Waals surface area contributed by atoms with Crippen LogP contribution in [0.5, 0.6) is 0 Å².